The molecule has 3 aromatic rings. The van der Waals surface area contributed by atoms with Gasteiger partial charge in [0, 0.05) is 5.69 Å². The molecule has 0 aliphatic carbocycles. The molecule has 7 heteroatoms. The monoisotopic (exact) mass is 288 g/mol. The highest BCUT2D eigenvalue weighted by Gasteiger charge is 2.17. The summed E-state index contributed by atoms with van der Waals surface area (Å²) in [4.78, 5) is 4.21. The topological polar surface area (TPSA) is 104 Å². The molecule has 6 nitrogen and oxygen atoms in total. The summed E-state index contributed by atoms with van der Waals surface area (Å²) in [5, 5.41) is 5.26. The van der Waals surface area contributed by atoms with Crippen molar-refractivity contribution in [1.29, 1.82) is 0 Å². The van der Waals surface area contributed by atoms with Crippen LogP contribution in [0.3, 0.4) is 0 Å². The lowest BCUT2D eigenvalue weighted by molar-refractivity contribution is 0.597. The van der Waals surface area contributed by atoms with Gasteiger partial charge in [-0.3, -0.25) is 4.57 Å². The average molecular weight is 288 g/mol. The van der Waals surface area contributed by atoms with Gasteiger partial charge in [-0.1, -0.05) is 12.1 Å². The van der Waals surface area contributed by atoms with Crippen molar-refractivity contribution < 1.29 is 8.42 Å². The quantitative estimate of drug-likeness (QED) is 0.692. The minimum Gasteiger partial charge on any atom is -0.399 e. The molecule has 1 aromatic heterocycles. The van der Waals surface area contributed by atoms with E-state index < -0.39 is 10.0 Å². The van der Waals surface area contributed by atoms with E-state index >= 15 is 0 Å². The summed E-state index contributed by atoms with van der Waals surface area (Å²) >= 11 is 0. The van der Waals surface area contributed by atoms with Crippen LogP contribution in [0.1, 0.15) is 0 Å². The van der Waals surface area contributed by atoms with Crippen LogP contribution in [0.25, 0.3) is 16.7 Å². The molecule has 0 amide bonds. The molecule has 4 N–H and O–H groups in total. The van der Waals surface area contributed by atoms with Gasteiger partial charge in [-0.05, 0) is 30.3 Å². The van der Waals surface area contributed by atoms with E-state index in [0.717, 1.165) is 11.0 Å². The van der Waals surface area contributed by atoms with Gasteiger partial charge in [0.1, 0.15) is 11.2 Å². The van der Waals surface area contributed by atoms with Crippen LogP contribution >= 0.6 is 0 Å². The number of fused-ring (bicyclic) bond motifs is 1. The summed E-state index contributed by atoms with van der Waals surface area (Å²) in [6.07, 6.45) is 1.56. The number of para-hydroxylation sites is 2. The molecular formula is C13H12N4O2S. The molecule has 0 aliphatic heterocycles. The Balaban J connectivity index is 2.35. The van der Waals surface area contributed by atoms with E-state index in [1.807, 2.05) is 24.3 Å². The van der Waals surface area contributed by atoms with E-state index in [1.54, 1.807) is 23.0 Å². The first-order chi connectivity index (χ1) is 9.47. The maximum atomic E-state index is 11.7. The fourth-order valence-corrected chi connectivity index (χ4v) is 2.87. The number of rotatable bonds is 2. The first kappa shape index (κ1) is 12.6. The van der Waals surface area contributed by atoms with Gasteiger partial charge in [0.2, 0.25) is 10.0 Å². The molecule has 102 valence electrons. The lowest BCUT2D eigenvalue weighted by atomic mass is 10.2. The van der Waals surface area contributed by atoms with Gasteiger partial charge >= 0.3 is 0 Å². The minimum atomic E-state index is -3.88. The zero-order valence-electron chi connectivity index (χ0n) is 10.4. The molecule has 0 spiro atoms. The zero-order valence-corrected chi connectivity index (χ0v) is 11.2. The third kappa shape index (κ3) is 2.02. The Hall–Kier alpha value is -2.38. The molecule has 0 bridgehead atoms. The van der Waals surface area contributed by atoms with Crippen LogP contribution in [0, 0.1) is 0 Å². The van der Waals surface area contributed by atoms with Crippen molar-refractivity contribution in [3.63, 3.8) is 0 Å². The van der Waals surface area contributed by atoms with Crippen LogP contribution in [0.2, 0.25) is 0 Å². The van der Waals surface area contributed by atoms with Crippen molar-refractivity contribution in [3.05, 3.63) is 48.8 Å². The van der Waals surface area contributed by atoms with Gasteiger partial charge in [0.25, 0.3) is 0 Å². The SMILES string of the molecule is Nc1ccc(-n2cnc3ccccc32)c(S(N)(=O)=O)c1. The van der Waals surface area contributed by atoms with Crippen LogP contribution in [0.15, 0.2) is 53.7 Å². The number of aromatic nitrogens is 2. The van der Waals surface area contributed by atoms with Crippen molar-refractivity contribution in [2.24, 2.45) is 5.14 Å². The van der Waals surface area contributed by atoms with Crippen molar-refractivity contribution >= 4 is 26.7 Å². The average Bonchev–Trinajstić information content (AvgIpc) is 2.81. The van der Waals surface area contributed by atoms with E-state index in [0.29, 0.717) is 11.4 Å². The maximum absolute atomic E-state index is 11.7. The van der Waals surface area contributed by atoms with E-state index in [1.165, 1.54) is 6.07 Å². The van der Waals surface area contributed by atoms with Gasteiger partial charge in [-0.2, -0.15) is 0 Å². The highest BCUT2D eigenvalue weighted by atomic mass is 32.2. The largest absolute Gasteiger partial charge is 0.399 e. The molecule has 3 rings (SSSR count). The molecule has 2 aromatic carbocycles. The second-order valence-electron chi connectivity index (χ2n) is 4.38. The van der Waals surface area contributed by atoms with E-state index in [4.69, 9.17) is 10.9 Å². The van der Waals surface area contributed by atoms with Gasteiger partial charge < -0.3 is 5.73 Å². The highest BCUT2D eigenvalue weighted by molar-refractivity contribution is 7.89. The number of imidazole rings is 1. The summed E-state index contributed by atoms with van der Waals surface area (Å²) < 4.78 is 25.1. The van der Waals surface area contributed by atoms with Crippen molar-refractivity contribution in [2.75, 3.05) is 5.73 Å². The molecule has 0 aliphatic rings. The number of nitrogens with zero attached hydrogens (tertiary/aromatic N) is 2. The second kappa shape index (κ2) is 4.32. The van der Waals surface area contributed by atoms with Gasteiger partial charge in [-0.25, -0.2) is 18.5 Å². The second-order valence-corrected chi connectivity index (χ2v) is 5.91. The molecule has 0 atom stereocenters. The standard InChI is InChI=1S/C13H12N4O2S/c14-9-5-6-12(13(7-9)20(15,18)19)17-8-16-10-3-1-2-4-11(10)17/h1-8H,14H2,(H2,15,18,19). The molecule has 0 radical (unpaired) electrons. The third-order valence-corrected chi connectivity index (χ3v) is 3.94. The number of hydrogen-bond acceptors (Lipinski definition) is 4. The molecule has 0 saturated carbocycles. The molecule has 0 fully saturated rings. The number of benzene rings is 2. The lowest BCUT2D eigenvalue weighted by Gasteiger charge is -2.10. The number of nitrogens with two attached hydrogens (primary N) is 2. The summed E-state index contributed by atoms with van der Waals surface area (Å²) in [7, 11) is -3.88. The number of primary sulfonamides is 1. The first-order valence-corrected chi connectivity index (χ1v) is 7.36. The fourth-order valence-electron chi connectivity index (χ4n) is 2.11. The lowest BCUT2D eigenvalue weighted by Crippen LogP contribution is -2.15. The fraction of sp³-hybridized carbons (Fsp3) is 0. The van der Waals surface area contributed by atoms with Crippen LogP contribution in [-0.2, 0) is 10.0 Å². The highest BCUT2D eigenvalue weighted by Crippen LogP contribution is 2.25. The van der Waals surface area contributed by atoms with Crippen molar-refractivity contribution in [2.45, 2.75) is 4.90 Å². The van der Waals surface area contributed by atoms with E-state index in [2.05, 4.69) is 4.98 Å². The van der Waals surface area contributed by atoms with Crippen LogP contribution in [0.5, 0.6) is 0 Å². The Morgan fingerprint density at radius 2 is 1.85 bits per heavy atom. The Morgan fingerprint density at radius 3 is 2.60 bits per heavy atom. The zero-order chi connectivity index (χ0) is 14.3. The van der Waals surface area contributed by atoms with Crippen LogP contribution < -0.4 is 10.9 Å². The first-order valence-electron chi connectivity index (χ1n) is 5.81. The maximum Gasteiger partial charge on any atom is 0.240 e. The minimum absolute atomic E-state index is 0.0272. The number of nitrogen functional groups attached to an aromatic ring is 1. The molecular weight excluding hydrogens is 276 g/mol. The normalized spacial score (nSPS) is 11.8. The molecule has 20 heavy (non-hydrogen) atoms. The van der Waals surface area contributed by atoms with Gasteiger partial charge in [0.05, 0.1) is 16.7 Å². The predicted molar refractivity (Wildman–Crippen MR) is 76.9 cm³/mol. The van der Waals surface area contributed by atoms with E-state index in [9.17, 15) is 8.42 Å². The summed E-state index contributed by atoms with van der Waals surface area (Å²) in [5.74, 6) is 0. The molecule has 0 saturated heterocycles. The van der Waals surface area contributed by atoms with Crippen LogP contribution in [0.4, 0.5) is 5.69 Å². The smallest absolute Gasteiger partial charge is 0.240 e. The summed E-state index contributed by atoms with van der Waals surface area (Å²) in [6.45, 7) is 0. The Morgan fingerprint density at radius 1 is 1.10 bits per heavy atom. The Kier molecular flexibility index (Phi) is 2.73. The van der Waals surface area contributed by atoms with Crippen LogP contribution in [-0.4, -0.2) is 18.0 Å². The Labute approximate surface area is 115 Å². The van der Waals surface area contributed by atoms with Crippen molar-refractivity contribution in [1.82, 2.24) is 9.55 Å². The van der Waals surface area contributed by atoms with E-state index in [-0.39, 0.29) is 4.90 Å². The molecule has 1 heterocycles. The number of sulfonamides is 1. The number of hydrogen-bond donors (Lipinski definition) is 2. The Bertz CT molecular complexity index is 900. The van der Waals surface area contributed by atoms with Gasteiger partial charge in [-0.15, -0.1) is 0 Å². The predicted octanol–water partition coefficient (Wildman–Crippen LogP) is 1.26. The third-order valence-electron chi connectivity index (χ3n) is 3.00. The molecule has 0 unspecified atom stereocenters. The van der Waals surface area contributed by atoms with Crippen molar-refractivity contribution in [3.8, 4) is 5.69 Å². The summed E-state index contributed by atoms with van der Waals surface area (Å²) in [6, 6.07) is 12.0. The number of anilines is 1. The summed E-state index contributed by atoms with van der Waals surface area (Å²) in [5.41, 5.74) is 7.97. The van der Waals surface area contributed by atoms with Gasteiger partial charge in [0.15, 0.2) is 0 Å².